The molecule has 25 heavy (non-hydrogen) atoms. The Labute approximate surface area is 146 Å². The lowest BCUT2D eigenvalue weighted by Crippen LogP contribution is -2.45. The van der Waals surface area contributed by atoms with Crippen molar-refractivity contribution in [1.29, 1.82) is 5.26 Å². The summed E-state index contributed by atoms with van der Waals surface area (Å²) in [6, 6.07) is 13.1. The Balaban J connectivity index is 1.82. The van der Waals surface area contributed by atoms with Crippen LogP contribution in [0.4, 0.5) is 4.39 Å². The molecule has 128 valence electrons. The van der Waals surface area contributed by atoms with E-state index >= 15 is 0 Å². The molecule has 0 spiro atoms. The molecular formula is C20H19FN2O2. The fourth-order valence-corrected chi connectivity index (χ4v) is 3.22. The Bertz CT molecular complexity index is 811. The van der Waals surface area contributed by atoms with Gasteiger partial charge >= 0.3 is 0 Å². The molecule has 1 heterocycles. The lowest BCUT2D eigenvalue weighted by atomic mass is 9.99. The third-order valence-electron chi connectivity index (χ3n) is 4.65. The van der Waals surface area contributed by atoms with Gasteiger partial charge in [-0.25, -0.2) is 4.39 Å². The largest absolute Gasteiger partial charge is 0.394 e. The maximum Gasteiger partial charge on any atom is 0.254 e. The van der Waals surface area contributed by atoms with Crippen LogP contribution in [0, 0.1) is 17.1 Å². The third kappa shape index (κ3) is 3.54. The Kier molecular flexibility index (Phi) is 5.11. The minimum atomic E-state index is -0.543. The number of rotatable bonds is 3. The fourth-order valence-electron chi connectivity index (χ4n) is 3.22. The van der Waals surface area contributed by atoms with Gasteiger partial charge in [-0.15, -0.1) is 0 Å². The van der Waals surface area contributed by atoms with E-state index in [0.29, 0.717) is 12.1 Å². The molecule has 2 aromatic carbocycles. The first-order valence-corrected chi connectivity index (χ1v) is 8.36. The Morgan fingerprint density at radius 2 is 1.92 bits per heavy atom. The normalized spacial score (nSPS) is 17.2. The number of carbonyl (C=O) groups excluding carboxylic acids is 1. The summed E-state index contributed by atoms with van der Waals surface area (Å²) >= 11 is 0. The lowest BCUT2D eigenvalue weighted by molar-refractivity contribution is 0.0503. The minimum Gasteiger partial charge on any atom is -0.394 e. The number of hydrogen-bond donors (Lipinski definition) is 1. The van der Waals surface area contributed by atoms with Crippen LogP contribution >= 0.6 is 0 Å². The van der Waals surface area contributed by atoms with Crippen LogP contribution in [0.25, 0.3) is 11.1 Å². The standard InChI is InChI=1S/C20H19FN2O2/c21-19-9-8-16(11-17(19)12-22)14-4-6-15(7-5-14)20(25)23-10-2-1-3-18(23)13-24/h4-9,11,18,24H,1-3,10,13H2. The average Bonchev–Trinajstić information content (AvgIpc) is 2.68. The molecule has 0 aromatic heterocycles. The maximum atomic E-state index is 13.4. The average molecular weight is 338 g/mol. The van der Waals surface area contributed by atoms with E-state index in [0.717, 1.165) is 30.4 Å². The van der Waals surface area contributed by atoms with Gasteiger partial charge < -0.3 is 10.0 Å². The molecular weight excluding hydrogens is 319 g/mol. The summed E-state index contributed by atoms with van der Waals surface area (Å²) in [5.41, 5.74) is 2.09. The summed E-state index contributed by atoms with van der Waals surface area (Å²) in [4.78, 5) is 14.4. The van der Waals surface area contributed by atoms with E-state index < -0.39 is 5.82 Å². The summed E-state index contributed by atoms with van der Waals surface area (Å²) in [7, 11) is 0. The summed E-state index contributed by atoms with van der Waals surface area (Å²) in [6.07, 6.45) is 2.80. The highest BCUT2D eigenvalue weighted by molar-refractivity contribution is 5.95. The Morgan fingerprint density at radius 3 is 2.60 bits per heavy atom. The number of nitriles is 1. The van der Waals surface area contributed by atoms with Crippen molar-refractivity contribution in [1.82, 2.24) is 4.90 Å². The van der Waals surface area contributed by atoms with Gasteiger partial charge in [0.15, 0.2) is 0 Å². The molecule has 0 aliphatic carbocycles. The molecule has 1 aliphatic rings. The second-order valence-corrected chi connectivity index (χ2v) is 6.21. The number of piperidine rings is 1. The molecule has 1 unspecified atom stereocenters. The van der Waals surface area contributed by atoms with Crippen molar-refractivity contribution in [3.05, 3.63) is 59.4 Å². The molecule has 2 aromatic rings. The van der Waals surface area contributed by atoms with E-state index in [1.54, 1.807) is 35.2 Å². The number of amides is 1. The molecule has 0 saturated carbocycles. The van der Waals surface area contributed by atoms with Gasteiger partial charge in [-0.3, -0.25) is 4.79 Å². The van der Waals surface area contributed by atoms with Gasteiger partial charge in [0.05, 0.1) is 18.2 Å². The lowest BCUT2D eigenvalue weighted by Gasteiger charge is -2.34. The highest BCUT2D eigenvalue weighted by Gasteiger charge is 2.26. The zero-order chi connectivity index (χ0) is 17.8. The van der Waals surface area contributed by atoms with E-state index in [4.69, 9.17) is 5.26 Å². The molecule has 0 radical (unpaired) electrons. The fraction of sp³-hybridized carbons (Fsp3) is 0.300. The first kappa shape index (κ1) is 17.1. The predicted molar refractivity (Wildman–Crippen MR) is 92.3 cm³/mol. The molecule has 1 aliphatic heterocycles. The van der Waals surface area contributed by atoms with Gasteiger partial charge in [-0.2, -0.15) is 5.26 Å². The van der Waals surface area contributed by atoms with Crippen LogP contribution in [-0.2, 0) is 0 Å². The minimum absolute atomic E-state index is 0.00300. The first-order valence-electron chi connectivity index (χ1n) is 8.36. The molecule has 1 atom stereocenters. The molecule has 1 saturated heterocycles. The van der Waals surface area contributed by atoms with Crippen LogP contribution in [-0.4, -0.2) is 35.1 Å². The zero-order valence-electron chi connectivity index (χ0n) is 13.8. The van der Waals surface area contributed by atoms with Crippen molar-refractivity contribution in [3.8, 4) is 17.2 Å². The summed E-state index contributed by atoms with van der Waals surface area (Å²) < 4.78 is 13.4. The highest BCUT2D eigenvalue weighted by atomic mass is 19.1. The molecule has 1 fully saturated rings. The predicted octanol–water partition coefficient (Wildman–Crippen LogP) is 3.35. The number of benzene rings is 2. The number of hydrogen-bond acceptors (Lipinski definition) is 3. The number of aliphatic hydroxyl groups is 1. The molecule has 4 nitrogen and oxygen atoms in total. The van der Waals surface area contributed by atoms with Crippen LogP contribution in [0.1, 0.15) is 35.2 Å². The van der Waals surface area contributed by atoms with Gasteiger partial charge in [0.25, 0.3) is 5.91 Å². The number of carbonyl (C=O) groups is 1. The SMILES string of the molecule is N#Cc1cc(-c2ccc(C(=O)N3CCCCC3CO)cc2)ccc1F. The van der Waals surface area contributed by atoms with Crippen molar-refractivity contribution in [3.63, 3.8) is 0 Å². The third-order valence-corrected chi connectivity index (χ3v) is 4.65. The van der Waals surface area contributed by atoms with E-state index in [1.807, 2.05) is 6.07 Å². The molecule has 1 amide bonds. The van der Waals surface area contributed by atoms with Crippen molar-refractivity contribution in [2.75, 3.05) is 13.2 Å². The maximum absolute atomic E-state index is 13.4. The second kappa shape index (κ2) is 7.45. The van der Waals surface area contributed by atoms with Crippen molar-refractivity contribution in [2.24, 2.45) is 0 Å². The quantitative estimate of drug-likeness (QED) is 0.933. The molecule has 5 heteroatoms. The van der Waals surface area contributed by atoms with Crippen LogP contribution in [0.5, 0.6) is 0 Å². The zero-order valence-corrected chi connectivity index (χ0v) is 13.8. The van der Waals surface area contributed by atoms with E-state index in [1.165, 1.54) is 12.1 Å². The van der Waals surface area contributed by atoms with Crippen LogP contribution in [0.3, 0.4) is 0 Å². The topological polar surface area (TPSA) is 64.3 Å². The highest BCUT2D eigenvalue weighted by Crippen LogP contribution is 2.24. The smallest absolute Gasteiger partial charge is 0.254 e. The van der Waals surface area contributed by atoms with Crippen LogP contribution < -0.4 is 0 Å². The summed E-state index contributed by atoms with van der Waals surface area (Å²) in [5, 5.41) is 18.4. The first-order chi connectivity index (χ1) is 12.1. The summed E-state index contributed by atoms with van der Waals surface area (Å²) in [5.74, 6) is -0.625. The number of nitrogens with zero attached hydrogens (tertiary/aromatic N) is 2. The second-order valence-electron chi connectivity index (χ2n) is 6.21. The number of likely N-dealkylation sites (tertiary alicyclic amines) is 1. The van der Waals surface area contributed by atoms with Gasteiger partial charge in [-0.1, -0.05) is 18.2 Å². The summed E-state index contributed by atoms with van der Waals surface area (Å²) in [6.45, 7) is 0.644. The van der Waals surface area contributed by atoms with E-state index in [2.05, 4.69) is 0 Å². The van der Waals surface area contributed by atoms with Crippen molar-refractivity contribution in [2.45, 2.75) is 25.3 Å². The van der Waals surface area contributed by atoms with Gasteiger partial charge in [0, 0.05) is 12.1 Å². The van der Waals surface area contributed by atoms with Gasteiger partial charge in [-0.05, 0) is 54.7 Å². The molecule has 3 rings (SSSR count). The number of aliphatic hydroxyl groups excluding tert-OH is 1. The van der Waals surface area contributed by atoms with Crippen LogP contribution in [0.15, 0.2) is 42.5 Å². The van der Waals surface area contributed by atoms with E-state index in [9.17, 15) is 14.3 Å². The van der Waals surface area contributed by atoms with E-state index in [-0.39, 0.29) is 24.1 Å². The molecule has 1 N–H and O–H groups in total. The van der Waals surface area contributed by atoms with Gasteiger partial charge in [0.2, 0.25) is 0 Å². The van der Waals surface area contributed by atoms with Crippen molar-refractivity contribution < 1.29 is 14.3 Å². The Hall–Kier alpha value is -2.71. The van der Waals surface area contributed by atoms with Gasteiger partial charge in [0.1, 0.15) is 11.9 Å². The monoisotopic (exact) mass is 338 g/mol. The van der Waals surface area contributed by atoms with Crippen molar-refractivity contribution >= 4 is 5.91 Å². The van der Waals surface area contributed by atoms with Crippen LogP contribution in [0.2, 0.25) is 0 Å². The molecule has 0 bridgehead atoms. The Morgan fingerprint density at radius 1 is 1.20 bits per heavy atom. The number of halogens is 1.